The van der Waals surface area contributed by atoms with Crippen LogP contribution in [-0.4, -0.2) is 66.0 Å². The summed E-state index contributed by atoms with van der Waals surface area (Å²) in [7, 11) is 0. The van der Waals surface area contributed by atoms with Crippen LogP contribution in [0.15, 0.2) is 17.6 Å². The molecule has 1 aliphatic rings. The molecule has 0 aliphatic carbocycles. The zero-order valence-corrected chi connectivity index (χ0v) is 11.2. The Hall–Kier alpha value is -1.94. The van der Waals surface area contributed by atoms with Crippen molar-refractivity contribution in [3.05, 3.63) is 12.7 Å². The predicted molar refractivity (Wildman–Crippen MR) is 72.2 cm³/mol. The lowest BCUT2D eigenvalue weighted by molar-refractivity contribution is -0.0511. The lowest BCUT2D eigenvalue weighted by atomic mass is 10.1. The van der Waals surface area contributed by atoms with Crippen LogP contribution in [-0.2, 0) is 4.74 Å². The number of ether oxygens (including phenoxy) is 1. The standard InChI is InChI=1S/C12H15N5O4/c1-2-13-10-7-11(15-4-14-10)17(5-16-7)12-9(20)8(19)6(3-18)21-12/h2,4-6,8-9,12,18-20H,3H2,1H3. The summed E-state index contributed by atoms with van der Waals surface area (Å²) in [5, 5.41) is 29.0. The first-order valence-corrected chi connectivity index (χ1v) is 6.46. The van der Waals surface area contributed by atoms with E-state index in [-0.39, 0.29) is 6.61 Å². The smallest absolute Gasteiger partial charge is 0.183 e. The molecule has 3 rings (SSSR count). The fraction of sp³-hybridized carbons (Fsp3) is 0.500. The SMILES string of the molecule is CC=Nc1ncnc2c1ncn2C1OC(CO)C(O)C1O. The van der Waals surface area contributed by atoms with Gasteiger partial charge in [0, 0.05) is 6.21 Å². The van der Waals surface area contributed by atoms with Gasteiger partial charge in [-0.25, -0.2) is 19.9 Å². The number of hydrogen-bond acceptors (Lipinski definition) is 8. The van der Waals surface area contributed by atoms with Gasteiger partial charge in [0.2, 0.25) is 0 Å². The fourth-order valence-electron chi connectivity index (χ4n) is 2.35. The van der Waals surface area contributed by atoms with Gasteiger partial charge in [0.1, 0.15) is 24.6 Å². The molecule has 1 aliphatic heterocycles. The number of aromatic nitrogens is 4. The highest BCUT2D eigenvalue weighted by Gasteiger charge is 2.43. The minimum Gasteiger partial charge on any atom is -0.394 e. The van der Waals surface area contributed by atoms with Gasteiger partial charge < -0.3 is 20.1 Å². The molecule has 4 atom stereocenters. The lowest BCUT2D eigenvalue weighted by Gasteiger charge is -2.16. The zero-order valence-electron chi connectivity index (χ0n) is 11.2. The van der Waals surface area contributed by atoms with Gasteiger partial charge in [0.25, 0.3) is 0 Å². The molecule has 1 fully saturated rings. The van der Waals surface area contributed by atoms with Crippen LogP contribution in [0.3, 0.4) is 0 Å². The number of nitrogens with zero attached hydrogens (tertiary/aromatic N) is 5. The van der Waals surface area contributed by atoms with Crippen molar-refractivity contribution in [3.8, 4) is 0 Å². The Labute approximate surface area is 119 Å². The van der Waals surface area contributed by atoms with Crippen molar-refractivity contribution in [3.63, 3.8) is 0 Å². The van der Waals surface area contributed by atoms with Gasteiger partial charge >= 0.3 is 0 Å². The number of aliphatic imine (C=N–C) groups is 1. The molecule has 0 radical (unpaired) electrons. The third-order valence-electron chi connectivity index (χ3n) is 3.38. The minimum atomic E-state index is -1.19. The van der Waals surface area contributed by atoms with Gasteiger partial charge in [-0.1, -0.05) is 0 Å². The zero-order chi connectivity index (χ0) is 15.0. The predicted octanol–water partition coefficient (Wildman–Crippen LogP) is -0.840. The van der Waals surface area contributed by atoms with E-state index in [1.54, 1.807) is 13.1 Å². The summed E-state index contributed by atoms with van der Waals surface area (Å²) in [5.41, 5.74) is 0.897. The Morgan fingerprint density at radius 1 is 1.33 bits per heavy atom. The third-order valence-corrected chi connectivity index (χ3v) is 3.38. The van der Waals surface area contributed by atoms with Crippen LogP contribution in [0.2, 0.25) is 0 Å². The Morgan fingerprint density at radius 3 is 2.81 bits per heavy atom. The second kappa shape index (κ2) is 5.45. The van der Waals surface area contributed by atoms with Gasteiger partial charge in [-0.3, -0.25) is 4.57 Å². The number of aliphatic hydroxyl groups is 3. The highest BCUT2D eigenvalue weighted by molar-refractivity contribution is 5.82. The average Bonchev–Trinajstić information content (AvgIpc) is 3.03. The summed E-state index contributed by atoms with van der Waals surface area (Å²) in [4.78, 5) is 16.4. The number of fused-ring (bicyclic) bond motifs is 1. The van der Waals surface area contributed by atoms with E-state index in [0.29, 0.717) is 17.0 Å². The van der Waals surface area contributed by atoms with Gasteiger partial charge in [-0.15, -0.1) is 0 Å². The van der Waals surface area contributed by atoms with E-state index < -0.39 is 24.5 Å². The first-order valence-electron chi connectivity index (χ1n) is 6.46. The molecule has 21 heavy (non-hydrogen) atoms. The summed E-state index contributed by atoms with van der Waals surface area (Å²) in [6.45, 7) is 1.37. The molecule has 4 unspecified atom stereocenters. The van der Waals surface area contributed by atoms with E-state index in [1.165, 1.54) is 17.2 Å². The van der Waals surface area contributed by atoms with Gasteiger partial charge in [-0.2, -0.15) is 0 Å². The molecular weight excluding hydrogens is 278 g/mol. The highest BCUT2D eigenvalue weighted by Crippen LogP contribution is 2.32. The molecule has 0 amide bonds. The first-order chi connectivity index (χ1) is 10.2. The van der Waals surface area contributed by atoms with Gasteiger partial charge in [0.05, 0.1) is 12.9 Å². The Balaban J connectivity index is 2.04. The molecule has 0 bridgehead atoms. The second-order valence-corrected chi connectivity index (χ2v) is 4.64. The van der Waals surface area contributed by atoms with Crippen LogP contribution in [0.4, 0.5) is 5.82 Å². The molecule has 3 heterocycles. The van der Waals surface area contributed by atoms with Crippen LogP contribution in [0.5, 0.6) is 0 Å². The van der Waals surface area contributed by atoms with Crippen LogP contribution in [0, 0.1) is 0 Å². The molecular formula is C12H15N5O4. The maximum absolute atomic E-state index is 10.1. The molecule has 0 saturated carbocycles. The van der Waals surface area contributed by atoms with Gasteiger partial charge in [-0.05, 0) is 6.92 Å². The van der Waals surface area contributed by atoms with Crippen molar-refractivity contribution in [2.24, 2.45) is 4.99 Å². The Morgan fingerprint density at radius 2 is 2.14 bits per heavy atom. The molecule has 2 aromatic heterocycles. The monoisotopic (exact) mass is 293 g/mol. The summed E-state index contributed by atoms with van der Waals surface area (Å²) in [6, 6.07) is 0. The van der Waals surface area contributed by atoms with Crippen molar-refractivity contribution < 1.29 is 20.1 Å². The van der Waals surface area contributed by atoms with E-state index in [1.807, 2.05) is 0 Å². The molecule has 9 heteroatoms. The Bertz CT molecular complexity index is 673. The lowest BCUT2D eigenvalue weighted by Crippen LogP contribution is -2.33. The van der Waals surface area contributed by atoms with Crippen molar-refractivity contribution in [1.82, 2.24) is 19.5 Å². The topological polar surface area (TPSA) is 126 Å². The number of hydrogen-bond donors (Lipinski definition) is 3. The number of imidazole rings is 1. The maximum atomic E-state index is 10.1. The summed E-state index contributed by atoms with van der Waals surface area (Å²) in [5.74, 6) is 0.410. The summed E-state index contributed by atoms with van der Waals surface area (Å²) in [6.07, 6.45) is 0.277. The van der Waals surface area contributed by atoms with Crippen molar-refractivity contribution in [1.29, 1.82) is 0 Å². The molecule has 9 nitrogen and oxygen atoms in total. The average molecular weight is 293 g/mol. The molecule has 0 spiro atoms. The van der Waals surface area contributed by atoms with Crippen LogP contribution in [0.25, 0.3) is 11.2 Å². The highest BCUT2D eigenvalue weighted by atomic mass is 16.6. The number of aliphatic hydroxyl groups excluding tert-OH is 3. The molecule has 1 saturated heterocycles. The second-order valence-electron chi connectivity index (χ2n) is 4.64. The molecule has 3 N–H and O–H groups in total. The van der Waals surface area contributed by atoms with E-state index in [2.05, 4.69) is 19.9 Å². The normalized spacial score (nSPS) is 29.7. The Kier molecular flexibility index (Phi) is 3.64. The van der Waals surface area contributed by atoms with Crippen molar-refractivity contribution >= 4 is 23.2 Å². The van der Waals surface area contributed by atoms with E-state index in [4.69, 9.17) is 9.84 Å². The van der Waals surface area contributed by atoms with E-state index in [9.17, 15) is 10.2 Å². The third kappa shape index (κ3) is 2.20. The molecule has 112 valence electrons. The number of rotatable bonds is 3. The van der Waals surface area contributed by atoms with Gasteiger partial charge in [0.15, 0.2) is 23.2 Å². The summed E-state index contributed by atoms with van der Waals surface area (Å²) >= 11 is 0. The molecule has 2 aromatic rings. The van der Waals surface area contributed by atoms with E-state index in [0.717, 1.165) is 0 Å². The molecule has 0 aromatic carbocycles. The first kappa shape index (κ1) is 14.0. The van der Waals surface area contributed by atoms with Crippen LogP contribution < -0.4 is 0 Å². The quantitative estimate of drug-likeness (QED) is 0.630. The van der Waals surface area contributed by atoms with Crippen molar-refractivity contribution in [2.45, 2.75) is 31.5 Å². The van der Waals surface area contributed by atoms with E-state index >= 15 is 0 Å². The minimum absolute atomic E-state index is 0.387. The van der Waals surface area contributed by atoms with Crippen LogP contribution >= 0.6 is 0 Å². The summed E-state index contributed by atoms with van der Waals surface area (Å²) < 4.78 is 6.96. The fourth-order valence-corrected chi connectivity index (χ4v) is 2.35. The van der Waals surface area contributed by atoms with Crippen LogP contribution in [0.1, 0.15) is 13.2 Å². The largest absolute Gasteiger partial charge is 0.394 e. The van der Waals surface area contributed by atoms with Crippen molar-refractivity contribution in [2.75, 3.05) is 6.61 Å². The maximum Gasteiger partial charge on any atom is 0.183 e.